The molecule has 172 valence electrons. The average molecular weight is 454 g/mol. The third-order valence-corrected chi connectivity index (χ3v) is 6.43. The van der Waals surface area contributed by atoms with Crippen LogP contribution in [0.25, 0.3) is 17.0 Å². The van der Waals surface area contributed by atoms with E-state index in [-0.39, 0.29) is 5.78 Å². The lowest BCUT2D eigenvalue weighted by Crippen LogP contribution is -2.00. The maximum Gasteiger partial charge on any atom is 0.231 e. The number of aromatic nitrogens is 1. The van der Waals surface area contributed by atoms with Gasteiger partial charge in [-0.15, -0.1) is 0 Å². The largest absolute Gasteiger partial charge is 0.497 e. The quantitative estimate of drug-likeness (QED) is 0.314. The Morgan fingerprint density at radius 1 is 1.06 bits per heavy atom. The SMILES string of the molecule is CCn1cc(/C=C2/Oc3c(ccc(OCc4ccccc4C)c3C)C2=O)c2cc(OC)ccc21. The number of carbonyl (C=O) groups is 1. The summed E-state index contributed by atoms with van der Waals surface area (Å²) >= 11 is 0. The van der Waals surface area contributed by atoms with Crippen LogP contribution in [0, 0.1) is 13.8 Å². The van der Waals surface area contributed by atoms with E-state index in [9.17, 15) is 4.79 Å². The Balaban J connectivity index is 1.46. The third kappa shape index (κ3) is 3.73. The molecule has 1 aliphatic rings. The third-order valence-electron chi connectivity index (χ3n) is 6.43. The van der Waals surface area contributed by atoms with Gasteiger partial charge < -0.3 is 18.8 Å². The van der Waals surface area contributed by atoms with Crippen LogP contribution in [0.5, 0.6) is 17.2 Å². The van der Waals surface area contributed by atoms with Gasteiger partial charge in [0.15, 0.2) is 5.76 Å². The van der Waals surface area contributed by atoms with Gasteiger partial charge in [0, 0.05) is 34.8 Å². The zero-order chi connectivity index (χ0) is 23.8. The molecule has 0 N–H and O–H groups in total. The minimum absolute atomic E-state index is 0.121. The summed E-state index contributed by atoms with van der Waals surface area (Å²) in [6.07, 6.45) is 3.86. The summed E-state index contributed by atoms with van der Waals surface area (Å²) < 4.78 is 19.8. The summed E-state index contributed by atoms with van der Waals surface area (Å²) in [5, 5.41) is 1.01. The van der Waals surface area contributed by atoms with Gasteiger partial charge in [-0.2, -0.15) is 0 Å². The van der Waals surface area contributed by atoms with Crippen LogP contribution in [-0.2, 0) is 13.2 Å². The number of ether oxygens (including phenoxy) is 3. The number of carbonyl (C=O) groups excluding carboxylic acids is 1. The van der Waals surface area contributed by atoms with Crippen LogP contribution < -0.4 is 14.2 Å². The molecule has 1 aliphatic heterocycles. The number of rotatable bonds is 6. The Kier molecular flexibility index (Phi) is 5.62. The van der Waals surface area contributed by atoms with Gasteiger partial charge in [0.05, 0.1) is 12.7 Å². The summed E-state index contributed by atoms with van der Waals surface area (Å²) in [7, 11) is 1.65. The number of nitrogens with zero attached hydrogens (tertiary/aromatic N) is 1. The number of benzene rings is 3. The van der Waals surface area contributed by atoms with Crippen molar-refractivity contribution in [2.24, 2.45) is 0 Å². The molecule has 4 aromatic rings. The molecular formula is C29H27NO4. The maximum absolute atomic E-state index is 13.2. The van der Waals surface area contributed by atoms with Crippen molar-refractivity contribution in [3.63, 3.8) is 0 Å². The number of hydrogen-bond donors (Lipinski definition) is 0. The second-order valence-corrected chi connectivity index (χ2v) is 8.47. The van der Waals surface area contributed by atoms with Crippen LogP contribution in [-0.4, -0.2) is 17.5 Å². The van der Waals surface area contributed by atoms with Crippen molar-refractivity contribution >= 4 is 22.8 Å². The van der Waals surface area contributed by atoms with Crippen LogP contribution in [0.1, 0.15) is 39.5 Å². The molecule has 2 heterocycles. The van der Waals surface area contributed by atoms with E-state index in [4.69, 9.17) is 14.2 Å². The predicted molar refractivity (Wildman–Crippen MR) is 134 cm³/mol. The van der Waals surface area contributed by atoms with E-state index in [1.165, 1.54) is 5.56 Å². The van der Waals surface area contributed by atoms with Crippen LogP contribution in [0.2, 0.25) is 0 Å². The average Bonchev–Trinajstić information content (AvgIpc) is 3.37. The fourth-order valence-electron chi connectivity index (χ4n) is 4.40. The van der Waals surface area contributed by atoms with Crippen molar-refractivity contribution in [1.29, 1.82) is 0 Å². The first-order valence-corrected chi connectivity index (χ1v) is 11.4. The number of hydrogen-bond acceptors (Lipinski definition) is 4. The zero-order valence-electron chi connectivity index (χ0n) is 19.8. The highest BCUT2D eigenvalue weighted by molar-refractivity contribution is 6.15. The van der Waals surface area contributed by atoms with Gasteiger partial charge in [0.2, 0.25) is 5.78 Å². The van der Waals surface area contributed by atoms with E-state index < -0.39 is 0 Å². The summed E-state index contributed by atoms with van der Waals surface area (Å²) in [5.74, 6) is 2.24. The number of methoxy groups -OCH3 is 1. The van der Waals surface area contributed by atoms with Crippen molar-refractivity contribution in [3.05, 3.63) is 94.4 Å². The van der Waals surface area contributed by atoms with E-state index >= 15 is 0 Å². The lowest BCUT2D eigenvalue weighted by atomic mass is 10.1. The van der Waals surface area contributed by atoms with E-state index in [0.717, 1.165) is 39.9 Å². The standard InChI is InChI=1S/C29H27NO4/c1-5-30-16-21(24-15-22(32-4)10-12-25(24)30)14-27-28(31)23-11-13-26(19(3)29(23)34-27)33-17-20-9-7-6-8-18(20)2/h6-16H,5,17H2,1-4H3/b27-14+. The summed E-state index contributed by atoms with van der Waals surface area (Å²) in [6.45, 7) is 7.37. The first-order chi connectivity index (χ1) is 16.5. The van der Waals surface area contributed by atoms with Gasteiger partial charge in [-0.25, -0.2) is 0 Å². The molecule has 1 aromatic heterocycles. The van der Waals surface area contributed by atoms with Gasteiger partial charge in [0.1, 0.15) is 23.9 Å². The Hall–Kier alpha value is -3.99. The van der Waals surface area contributed by atoms with Gasteiger partial charge in [-0.05, 0) is 68.3 Å². The molecule has 0 fully saturated rings. The monoisotopic (exact) mass is 453 g/mol. The molecule has 5 rings (SSSR count). The molecule has 0 saturated carbocycles. The van der Waals surface area contributed by atoms with Crippen molar-refractivity contribution < 1.29 is 19.0 Å². The van der Waals surface area contributed by atoms with E-state index in [1.54, 1.807) is 13.2 Å². The summed E-state index contributed by atoms with van der Waals surface area (Å²) in [4.78, 5) is 13.2. The van der Waals surface area contributed by atoms with Crippen molar-refractivity contribution in [2.75, 3.05) is 7.11 Å². The fraction of sp³-hybridized carbons (Fsp3) is 0.207. The molecule has 0 amide bonds. The van der Waals surface area contributed by atoms with Crippen molar-refractivity contribution in [1.82, 2.24) is 4.57 Å². The number of ketones is 1. The van der Waals surface area contributed by atoms with Crippen molar-refractivity contribution in [2.45, 2.75) is 33.9 Å². The molecular weight excluding hydrogens is 426 g/mol. The lowest BCUT2D eigenvalue weighted by molar-refractivity contribution is 0.101. The minimum atomic E-state index is -0.121. The molecule has 5 heteroatoms. The highest BCUT2D eigenvalue weighted by Gasteiger charge is 2.30. The Bertz CT molecular complexity index is 1440. The van der Waals surface area contributed by atoms with Gasteiger partial charge in [-0.1, -0.05) is 24.3 Å². The molecule has 0 radical (unpaired) electrons. The van der Waals surface area contributed by atoms with E-state index in [2.05, 4.69) is 30.5 Å². The van der Waals surface area contributed by atoms with Crippen LogP contribution in [0.15, 0.2) is 66.6 Å². The van der Waals surface area contributed by atoms with Crippen LogP contribution in [0.3, 0.4) is 0 Å². The smallest absolute Gasteiger partial charge is 0.231 e. The van der Waals surface area contributed by atoms with Gasteiger partial charge in [0.25, 0.3) is 0 Å². The van der Waals surface area contributed by atoms with E-state index in [0.29, 0.717) is 29.4 Å². The van der Waals surface area contributed by atoms with Crippen molar-refractivity contribution in [3.8, 4) is 17.2 Å². The van der Waals surface area contributed by atoms with Gasteiger partial charge >= 0.3 is 0 Å². The first kappa shape index (κ1) is 21.8. The molecule has 0 saturated heterocycles. The Morgan fingerprint density at radius 2 is 1.88 bits per heavy atom. The second-order valence-electron chi connectivity index (χ2n) is 8.47. The molecule has 0 unspecified atom stereocenters. The molecule has 5 nitrogen and oxygen atoms in total. The normalized spacial score (nSPS) is 13.9. The highest BCUT2D eigenvalue weighted by atomic mass is 16.5. The van der Waals surface area contributed by atoms with E-state index in [1.807, 2.05) is 55.6 Å². The number of aryl methyl sites for hydroxylation is 2. The molecule has 34 heavy (non-hydrogen) atoms. The Morgan fingerprint density at radius 3 is 2.65 bits per heavy atom. The topological polar surface area (TPSA) is 49.7 Å². The second kappa shape index (κ2) is 8.75. The molecule has 3 aromatic carbocycles. The number of allylic oxidation sites excluding steroid dienone is 1. The number of fused-ring (bicyclic) bond motifs is 2. The predicted octanol–water partition coefficient (Wildman–Crippen LogP) is 6.48. The van der Waals surface area contributed by atoms with Crippen LogP contribution in [0.4, 0.5) is 0 Å². The summed E-state index contributed by atoms with van der Waals surface area (Å²) in [6, 6.07) is 17.8. The van der Waals surface area contributed by atoms with Crippen LogP contribution >= 0.6 is 0 Å². The fourth-order valence-corrected chi connectivity index (χ4v) is 4.40. The lowest BCUT2D eigenvalue weighted by Gasteiger charge is -2.12. The Labute approximate surface area is 199 Å². The minimum Gasteiger partial charge on any atom is -0.497 e. The maximum atomic E-state index is 13.2. The zero-order valence-corrected chi connectivity index (χ0v) is 19.8. The molecule has 0 bridgehead atoms. The molecule has 0 aliphatic carbocycles. The first-order valence-electron chi connectivity index (χ1n) is 11.4. The highest BCUT2D eigenvalue weighted by Crippen LogP contribution is 2.40. The molecule has 0 atom stereocenters. The molecule has 0 spiro atoms. The summed E-state index contributed by atoms with van der Waals surface area (Å²) in [5.41, 5.74) is 5.69. The van der Waals surface area contributed by atoms with Gasteiger partial charge in [-0.3, -0.25) is 4.79 Å². The number of Topliss-reactive ketones (excluding diaryl/α,β-unsaturated/α-hetero) is 1.